The van der Waals surface area contributed by atoms with Crippen molar-refractivity contribution in [3.8, 4) is 0 Å². The molecule has 0 spiro atoms. The fraction of sp³-hybridized carbons (Fsp3) is 0.556. The van der Waals surface area contributed by atoms with Gasteiger partial charge in [-0.25, -0.2) is 0 Å². The molecule has 13 heavy (non-hydrogen) atoms. The van der Waals surface area contributed by atoms with E-state index in [9.17, 15) is 0 Å². The summed E-state index contributed by atoms with van der Waals surface area (Å²) < 4.78 is 10.8. The van der Waals surface area contributed by atoms with Gasteiger partial charge >= 0.3 is 0 Å². The van der Waals surface area contributed by atoms with Crippen molar-refractivity contribution < 1.29 is 9.15 Å². The molecule has 0 saturated carbocycles. The molecule has 0 bridgehead atoms. The van der Waals surface area contributed by atoms with Gasteiger partial charge < -0.3 is 14.9 Å². The van der Waals surface area contributed by atoms with Crippen molar-refractivity contribution >= 4 is 11.8 Å². The lowest BCUT2D eigenvalue weighted by molar-refractivity contribution is 0.0518. The second-order valence-electron chi connectivity index (χ2n) is 3.03. The van der Waals surface area contributed by atoms with Gasteiger partial charge in [-0.05, 0) is 12.1 Å². The first kappa shape index (κ1) is 9.12. The normalized spacial score (nSPS) is 25.8. The highest BCUT2D eigenvalue weighted by Crippen LogP contribution is 2.23. The summed E-state index contributed by atoms with van der Waals surface area (Å²) in [5, 5.41) is 0. The van der Waals surface area contributed by atoms with E-state index in [1.807, 2.05) is 23.9 Å². The molecule has 1 saturated heterocycles. The van der Waals surface area contributed by atoms with Crippen LogP contribution in [0.1, 0.15) is 11.8 Å². The molecule has 2 atom stereocenters. The van der Waals surface area contributed by atoms with Gasteiger partial charge in [-0.3, -0.25) is 0 Å². The van der Waals surface area contributed by atoms with Gasteiger partial charge in [0.15, 0.2) is 0 Å². The molecular formula is C9H13NO2S. The maximum Gasteiger partial charge on any atom is 0.123 e. The highest BCUT2D eigenvalue weighted by molar-refractivity contribution is 7.99. The van der Waals surface area contributed by atoms with E-state index in [2.05, 4.69) is 0 Å². The molecule has 2 unspecified atom stereocenters. The van der Waals surface area contributed by atoms with E-state index in [0.717, 1.165) is 23.9 Å². The Morgan fingerprint density at radius 1 is 1.62 bits per heavy atom. The highest BCUT2D eigenvalue weighted by atomic mass is 32.2. The van der Waals surface area contributed by atoms with Crippen LogP contribution in [-0.4, -0.2) is 24.2 Å². The Bertz CT molecular complexity index is 244. The van der Waals surface area contributed by atoms with Crippen LogP contribution < -0.4 is 5.73 Å². The Kier molecular flexibility index (Phi) is 2.93. The summed E-state index contributed by atoms with van der Waals surface area (Å²) >= 11 is 1.88. The lowest BCUT2D eigenvalue weighted by Gasteiger charge is -2.26. The summed E-state index contributed by atoms with van der Waals surface area (Å²) in [6, 6.07) is 3.63. The molecule has 72 valence electrons. The molecule has 2 N–H and O–H groups in total. The minimum Gasteiger partial charge on any atom is -0.468 e. The second-order valence-corrected chi connectivity index (χ2v) is 4.18. The van der Waals surface area contributed by atoms with Gasteiger partial charge in [0.05, 0.1) is 25.0 Å². The van der Waals surface area contributed by atoms with Gasteiger partial charge in [-0.2, -0.15) is 11.8 Å². The molecule has 2 heterocycles. The number of hydrogen-bond acceptors (Lipinski definition) is 4. The van der Waals surface area contributed by atoms with E-state index in [1.54, 1.807) is 6.26 Å². The van der Waals surface area contributed by atoms with Crippen LogP contribution in [-0.2, 0) is 4.74 Å². The van der Waals surface area contributed by atoms with E-state index in [-0.39, 0.29) is 12.1 Å². The van der Waals surface area contributed by atoms with Crippen molar-refractivity contribution in [2.75, 3.05) is 18.1 Å². The molecule has 1 fully saturated rings. The van der Waals surface area contributed by atoms with Crippen LogP contribution in [0.4, 0.5) is 0 Å². The maximum absolute atomic E-state index is 5.98. The second kappa shape index (κ2) is 4.17. The van der Waals surface area contributed by atoms with Crippen molar-refractivity contribution in [1.29, 1.82) is 0 Å². The van der Waals surface area contributed by atoms with Crippen molar-refractivity contribution in [1.82, 2.24) is 0 Å². The topological polar surface area (TPSA) is 48.4 Å². The third-order valence-electron chi connectivity index (χ3n) is 2.11. The van der Waals surface area contributed by atoms with E-state index in [0.29, 0.717) is 0 Å². The summed E-state index contributed by atoms with van der Waals surface area (Å²) in [4.78, 5) is 0. The largest absolute Gasteiger partial charge is 0.468 e. The first-order valence-corrected chi connectivity index (χ1v) is 5.52. The van der Waals surface area contributed by atoms with Crippen molar-refractivity contribution in [3.05, 3.63) is 24.2 Å². The highest BCUT2D eigenvalue weighted by Gasteiger charge is 2.24. The number of nitrogens with two attached hydrogens (primary N) is 1. The average Bonchev–Trinajstić information content (AvgIpc) is 2.71. The SMILES string of the molecule is NC(c1ccco1)C1CSCCO1. The molecule has 1 aromatic rings. The minimum atomic E-state index is -0.122. The smallest absolute Gasteiger partial charge is 0.123 e. The predicted molar refractivity (Wildman–Crippen MR) is 52.7 cm³/mol. The molecule has 1 aromatic heterocycles. The molecule has 0 radical (unpaired) electrons. The van der Waals surface area contributed by atoms with Gasteiger partial charge in [0.2, 0.25) is 0 Å². The molecule has 3 nitrogen and oxygen atoms in total. The van der Waals surface area contributed by atoms with Gasteiger partial charge in [-0.1, -0.05) is 0 Å². The fourth-order valence-corrected chi connectivity index (χ4v) is 2.29. The third-order valence-corrected chi connectivity index (χ3v) is 3.13. The zero-order valence-corrected chi connectivity index (χ0v) is 8.13. The predicted octanol–water partition coefficient (Wildman–Crippen LogP) is 1.41. The van der Waals surface area contributed by atoms with Crippen LogP contribution in [0.25, 0.3) is 0 Å². The Balaban J connectivity index is 1.99. The van der Waals surface area contributed by atoms with Gasteiger partial charge in [-0.15, -0.1) is 0 Å². The average molecular weight is 199 g/mol. The summed E-state index contributed by atoms with van der Waals surface area (Å²) in [7, 11) is 0. The third kappa shape index (κ3) is 2.07. The number of rotatable bonds is 2. The van der Waals surface area contributed by atoms with Crippen molar-refractivity contribution in [3.63, 3.8) is 0 Å². The molecule has 0 aliphatic carbocycles. The van der Waals surface area contributed by atoms with E-state index in [1.165, 1.54) is 0 Å². The zero-order chi connectivity index (χ0) is 9.10. The van der Waals surface area contributed by atoms with Crippen molar-refractivity contribution in [2.24, 2.45) is 5.73 Å². The molecule has 2 rings (SSSR count). The maximum atomic E-state index is 5.98. The number of hydrogen-bond donors (Lipinski definition) is 1. The summed E-state index contributed by atoms with van der Waals surface area (Å²) in [6.45, 7) is 0.795. The van der Waals surface area contributed by atoms with Gasteiger partial charge in [0, 0.05) is 11.5 Å². The lowest BCUT2D eigenvalue weighted by atomic mass is 10.1. The summed E-state index contributed by atoms with van der Waals surface area (Å²) in [6.07, 6.45) is 1.75. The van der Waals surface area contributed by atoms with Gasteiger partial charge in [0.1, 0.15) is 5.76 Å². The van der Waals surface area contributed by atoms with Crippen LogP contribution in [0.15, 0.2) is 22.8 Å². The standard InChI is InChI=1S/C9H13NO2S/c10-9(7-2-1-3-11-7)8-6-13-5-4-12-8/h1-3,8-9H,4-6,10H2. The van der Waals surface area contributed by atoms with Crippen LogP contribution in [0.5, 0.6) is 0 Å². The monoisotopic (exact) mass is 199 g/mol. The Labute approximate surface area is 81.6 Å². The Hall–Kier alpha value is -0.450. The quantitative estimate of drug-likeness (QED) is 0.782. The van der Waals surface area contributed by atoms with E-state index in [4.69, 9.17) is 14.9 Å². The number of thioether (sulfide) groups is 1. The first-order valence-electron chi connectivity index (χ1n) is 4.36. The summed E-state index contributed by atoms with van der Waals surface area (Å²) in [5.74, 6) is 2.84. The summed E-state index contributed by atoms with van der Waals surface area (Å²) in [5.41, 5.74) is 5.98. The van der Waals surface area contributed by atoms with Crippen LogP contribution in [0.3, 0.4) is 0 Å². The lowest BCUT2D eigenvalue weighted by Crippen LogP contribution is -2.34. The number of furan rings is 1. The molecule has 4 heteroatoms. The van der Waals surface area contributed by atoms with Crippen LogP contribution >= 0.6 is 11.8 Å². The molecule has 0 amide bonds. The van der Waals surface area contributed by atoms with Crippen LogP contribution in [0.2, 0.25) is 0 Å². The van der Waals surface area contributed by atoms with E-state index < -0.39 is 0 Å². The Morgan fingerprint density at radius 2 is 2.54 bits per heavy atom. The molecular weight excluding hydrogens is 186 g/mol. The van der Waals surface area contributed by atoms with E-state index >= 15 is 0 Å². The first-order chi connectivity index (χ1) is 6.38. The zero-order valence-electron chi connectivity index (χ0n) is 7.31. The number of ether oxygens (including phenoxy) is 1. The van der Waals surface area contributed by atoms with Crippen LogP contribution in [0, 0.1) is 0 Å². The molecule has 1 aliphatic rings. The van der Waals surface area contributed by atoms with Crippen molar-refractivity contribution in [2.45, 2.75) is 12.1 Å². The Morgan fingerprint density at radius 3 is 3.15 bits per heavy atom. The molecule has 1 aliphatic heterocycles. The van der Waals surface area contributed by atoms with Gasteiger partial charge in [0.25, 0.3) is 0 Å². The fourth-order valence-electron chi connectivity index (χ4n) is 1.38. The molecule has 0 aromatic carbocycles. The minimum absolute atomic E-state index is 0.102.